The highest BCUT2D eigenvalue weighted by atomic mass is 79.9. The van der Waals surface area contributed by atoms with Gasteiger partial charge in [-0.3, -0.25) is 0 Å². The molecule has 3 rings (SSSR count). The molecule has 23 heavy (non-hydrogen) atoms. The van der Waals surface area contributed by atoms with Gasteiger partial charge in [-0.2, -0.15) is 5.26 Å². The Kier molecular flexibility index (Phi) is 4.55. The molecule has 2 heterocycles. The van der Waals surface area contributed by atoms with Gasteiger partial charge in [-0.25, -0.2) is 4.98 Å². The summed E-state index contributed by atoms with van der Waals surface area (Å²) in [6.07, 6.45) is 1.86. The van der Waals surface area contributed by atoms with Crippen LogP contribution in [0.2, 0.25) is 5.15 Å². The molecule has 7 heteroatoms. The first kappa shape index (κ1) is 16.2. The van der Waals surface area contributed by atoms with E-state index in [1.54, 1.807) is 12.3 Å². The van der Waals surface area contributed by atoms with Gasteiger partial charge in [-0.15, -0.1) is 0 Å². The number of rotatable bonds is 4. The molecule has 0 spiro atoms. The molecular weight excluding hydrogens is 382 g/mol. The zero-order valence-electron chi connectivity index (χ0n) is 12.1. The molecule has 1 atom stereocenters. The first-order valence-corrected chi connectivity index (χ1v) is 8.09. The maximum atomic E-state index is 8.64. The SMILES string of the molecule is N#CCCOCC1(N)c2cc(Br)ccc2Oc2cnc(Cl)cc21. The summed E-state index contributed by atoms with van der Waals surface area (Å²) in [5.74, 6) is 1.20. The van der Waals surface area contributed by atoms with Gasteiger partial charge in [0.2, 0.25) is 0 Å². The molecule has 0 aliphatic carbocycles. The Labute approximate surface area is 147 Å². The third kappa shape index (κ3) is 3.06. The predicted molar refractivity (Wildman–Crippen MR) is 89.5 cm³/mol. The molecule has 0 fully saturated rings. The average Bonchev–Trinajstić information content (AvgIpc) is 2.54. The summed E-state index contributed by atoms with van der Waals surface area (Å²) >= 11 is 9.49. The summed E-state index contributed by atoms with van der Waals surface area (Å²) in [6.45, 7) is 0.516. The van der Waals surface area contributed by atoms with E-state index in [2.05, 4.69) is 20.9 Å². The van der Waals surface area contributed by atoms with Gasteiger partial charge in [0, 0.05) is 15.6 Å². The van der Waals surface area contributed by atoms with Crippen molar-refractivity contribution in [3.05, 3.63) is 51.2 Å². The zero-order valence-corrected chi connectivity index (χ0v) is 14.4. The van der Waals surface area contributed by atoms with Crippen LogP contribution in [-0.4, -0.2) is 18.2 Å². The summed E-state index contributed by atoms with van der Waals surface area (Å²) < 4.78 is 12.4. The normalized spacial score (nSPS) is 18.5. The molecular formula is C16H13BrClN3O2. The summed E-state index contributed by atoms with van der Waals surface area (Å²) in [4.78, 5) is 4.05. The molecule has 2 N–H and O–H groups in total. The zero-order chi connectivity index (χ0) is 16.4. The van der Waals surface area contributed by atoms with Crippen molar-refractivity contribution < 1.29 is 9.47 Å². The van der Waals surface area contributed by atoms with Gasteiger partial charge in [0.1, 0.15) is 10.9 Å². The number of halogens is 2. The van der Waals surface area contributed by atoms with E-state index in [1.807, 2.05) is 24.3 Å². The fraction of sp³-hybridized carbons (Fsp3) is 0.250. The fourth-order valence-corrected chi connectivity index (χ4v) is 3.08. The minimum atomic E-state index is -0.936. The first-order valence-electron chi connectivity index (χ1n) is 6.92. The van der Waals surface area contributed by atoms with Gasteiger partial charge >= 0.3 is 0 Å². The van der Waals surface area contributed by atoms with Gasteiger partial charge in [0.25, 0.3) is 0 Å². The minimum Gasteiger partial charge on any atom is -0.455 e. The van der Waals surface area contributed by atoms with Crippen LogP contribution in [0.15, 0.2) is 34.9 Å². The lowest BCUT2D eigenvalue weighted by Gasteiger charge is -2.36. The third-order valence-corrected chi connectivity index (χ3v) is 4.34. The molecule has 5 nitrogen and oxygen atoms in total. The number of nitrogens with two attached hydrogens (primary N) is 1. The minimum absolute atomic E-state index is 0.203. The van der Waals surface area contributed by atoms with Crippen molar-refractivity contribution in [2.24, 2.45) is 5.73 Å². The predicted octanol–water partition coefficient (Wildman–Crippen LogP) is 3.74. The Morgan fingerprint density at radius 2 is 2.13 bits per heavy atom. The monoisotopic (exact) mass is 393 g/mol. The van der Waals surface area contributed by atoms with Crippen LogP contribution in [0.3, 0.4) is 0 Å². The largest absolute Gasteiger partial charge is 0.455 e. The number of nitriles is 1. The van der Waals surface area contributed by atoms with Crippen LogP contribution in [0, 0.1) is 11.3 Å². The topological polar surface area (TPSA) is 81.2 Å². The standard InChI is InChI=1S/C16H13BrClN3O2/c17-10-2-3-13-11(6-10)16(20,9-22-5-1-4-19)12-7-15(18)21-8-14(12)23-13/h2-3,6-8H,1,5,9,20H2. The lowest BCUT2D eigenvalue weighted by atomic mass is 9.82. The van der Waals surface area contributed by atoms with E-state index in [-0.39, 0.29) is 6.61 Å². The first-order chi connectivity index (χ1) is 11.0. The molecule has 1 unspecified atom stereocenters. The summed E-state index contributed by atoms with van der Waals surface area (Å²) in [6, 6.07) is 9.36. The number of aromatic nitrogens is 1. The van der Waals surface area contributed by atoms with Crippen LogP contribution in [0.4, 0.5) is 0 Å². The van der Waals surface area contributed by atoms with E-state index >= 15 is 0 Å². The average molecular weight is 395 g/mol. The van der Waals surface area contributed by atoms with E-state index in [9.17, 15) is 0 Å². The van der Waals surface area contributed by atoms with Crippen molar-refractivity contribution in [1.82, 2.24) is 4.98 Å². The van der Waals surface area contributed by atoms with E-state index in [4.69, 9.17) is 32.1 Å². The molecule has 0 radical (unpaired) electrons. The lowest BCUT2D eigenvalue weighted by Crippen LogP contribution is -2.45. The van der Waals surface area contributed by atoms with Crippen LogP contribution in [0.25, 0.3) is 0 Å². The lowest BCUT2D eigenvalue weighted by molar-refractivity contribution is 0.0981. The molecule has 1 aliphatic heterocycles. The third-order valence-electron chi connectivity index (χ3n) is 3.64. The van der Waals surface area contributed by atoms with E-state index in [0.29, 0.717) is 35.2 Å². The number of ether oxygens (including phenoxy) is 2. The molecule has 118 valence electrons. The fourth-order valence-electron chi connectivity index (χ4n) is 2.56. The van der Waals surface area contributed by atoms with Crippen LogP contribution in [-0.2, 0) is 10.3 Å². The second-order valence-corrected chi connectivity index (χ2v) is 6.48. The Balaban J connectivity index is 2.07. The molecule has 0 amide bonds. The van der Waals surface area contributed by atoms with Crippen molar-refractivity contribution in [3.63, 3.8) is 0 Å². The van der Waals surface area contributed by atoms with Crippen molar-refractivity contribution in [2.75, 3.05) is 13.2 Å². The van der Waals surface area contributed by atoms with Gasteiger partial charge in [0.15, 0.2) is 5.75 Å². The van der Waals surface area contributed by atoms with Gasteiger partial charge < -0.3 is 15.2 Å². The number of fused-ring (bicyclic) bond motifs is 2. The molecule has 0 saturated carbocycles. The Morgan fingerprint density at radius 3 is 2.91 bits per heavy atom. The highest BCUT2D eigenvalue weighted by molar-refractivity contribution is 9.10. The molecule has 0 saturated heterocycles. The van der Waals surface area contributed by atoms with Crippen molar-refractivity contribution in [3.8, 4) is 17.6 Å². The van der Waals surface area contributed by atoms with Crippen LogP contribution < -0.4 is 10.5 Å². The number of pyridine rings is 1. The molecule has 1 aromatic heterocycles. The smallest absolute Gasteiger partial charge is 0.151 e. The molecule has 1 aromatic carbocycles. The van der Waals surface area contributed by atoms with Gasteiger partial charge in [0.05, 0.1) is 37.4 Å². The number of benzene rings is 1. The number of nitrogens with zero attached hydrogens (tertiary/aromatic N) is 2. The van der Waals surface area contributed by atoms with Gasteiger partial charge in [-0.05, 0) is 24.3 Å². The van der Waals surface area contributed by atoms with E-state index < -0.39 is 5.54 Å². The van der Waals surface area contributed by atoms with E-state index in [1.165, 1.54) is 0 Å². The van der Waals surface area contributed by atoms with Crippen molar-refractivity contribution >= 4 is 27.5 Å². The molecule has 1 aliphatic rings. The van der Waals surface area contributed by atoms with Crippen LogP contribution >= 0.6 is 27.5 Å². The highest BCUT2D eigenvalue weighted by Crippen LogP contribution is 2.46. The second kappa shape index (κ2) is 6.46. The molecule has 2 aromatic rings. The molecule has 0 bridgehead atoms. The van der Waals surface area contributed by atoms with Crippen molar-refractivity contribution in [1.29, 1.82) is 5.26 Å². The summed E-state index contributed by atoms with van der Waals surface area (Å²) in [5, 5.41) is 8.97. The second-order valence-electron chi connectivity index (χ2n) is 5.18. The Bertz CT molecular complexity index is 740. The van der Waals surface area contributed by atoms with Crippen LogP contribution in [0.5, 0.6) is 11.5 Å². The van der Waals surface area contributed by atoms with Crippen molar-refractivity contribution in [2.45, 2.75) is 12.0 Å². The summed E-state index contributed by atoms with van der Waals surface area (Å²) in [7, 11) is 0. The maximum Gasteiger partial charge on any atom is 0.151 e. The summed E-state index contributed by atoms with van der Waals surface area (Å²) in [5.41, 5.74) is 7.27. The Morgan fingerprint density at radius 1 is 1.35 bits per heavy atom. The maximum absolute atomic E-state index is 8.64. The van der Waals surface area contributed by atoms with E-state index in [0.717, 1.165) is 10.0 Å². The number of hydrogen-bond donors (Lipinski definition) is 1. The quantitative estimate of drug-likeness (QED) is 0.631. The van der Waals surface area contributed by atoms with Gasteiger partial charge in [-0.1, -0.05) is 27.5 Å². The van der Waals surface area contributed by atoms with Crippen LogP contribution in [0.1, 0.15) is 17.5 Å². The number of hydrogen-bond acceptors (Lipinski definition) is 5. The Hall–Kier alpha value is -1.65. The highest BCUT2D eigenvalue weighted by Gasteiger charge is 2.40.